The van der Waals surface area contributed by atoms with Crippen molar-refractivity contribution in [2.75, 3.05) is 0 Å². The number of benzene rings is 1. The second kappa shape index (κ2) is 7.16. The van der Waals surface area contributed by atoms with Crippen LogP contribution in [0.5, 0.6) is 5.75 Å². The molecular formula is C20H20ClNO3S. The number of hydrogen-bond donors (Lipinski definition) is 2. The maximum absolute atomic E-state index is 10.2. The van der Waals surface area contributed by atoms with E-state index in [0.717, 1.165) is 56.8 Å². The Bertz CT molecular complexity index is 956. The van der Waals surface area contributed by atoms with Gasteiger partial charge >= 0.3 is 0 Å². The number of aliphatic hydroxyl groups excluding tert-OH is 2. The van der Waals surface area contributed by atoms with Gasteiger partial charge in [-0.3, -0.25) is 4.98 Å². The molecule has 3 aromatic rings. The number of hydrogen-bond acceptors (Lipinski definition) is 5. The Morgan fingerprint density at radius 1 is 1.27 bits per heavy atom. The van der Waals surface area contributed by atoms with E-state index in [1.807, 2.05) is 31.2 Å². The smallest absolute Gasteiger partial charge is 0.130 e. The first-order valence-corrected chi connectivity index (χ1v) is 9.90. The van der Waals surface area contributed by atoms with Gasteiger partial charge in [-0.05, 0) is 56.0 Å². The minimum atomic E-state index is -0.432. The van der Waals surface area contributed by atoms with Crippen LogP contribution < -0.4 is 4.74 Å². The molecule has 0 radical (unpaired) electrons. The average Bonchev–Trinajstić information content (AvgIpc) is 3.22. The Labute approximate surface area is 161 Å². The molecule has 2 N–H and O–H groups in total. The molecule has 0 amide bonds. The number of halogens is 1. The quantitative estimate of drug-likeness (QED) is 0.678. The van der Waals surface area contributed by atoms with Gasteiger partial charge in [0.15, 0.2) is 0 Å². The predicted molar refractivity (Wildman–Crippen MR) is 105 cm³/mol. The number of aliphatic hydroxyl groups is 2. The summed E-state index contributed by atoms with van der Waals surface area (Å²) in [7, 11) is 0. The molecule has 0 spiro atoms. The SMILES string of the molecule is Cc1cc(Cl)cc(-c2ccnc3cc(CO)sc23)c1O[C@@H]1CCC[C@H]1O. The lowest BCUT2D eigenvalue weighted by Gasteiger charge is -2.22. The first-order chi connectivity index (χ1) is 12.6. The zero-order valence-corrected chi connectivity index (χ0v) is 16.0. The van der Waals surface area contributed by atoms with Crippen molar-refractivity contribution in [3.8, 4) is 16.9 Å². The van der Waals surface area contributed by atoms with E-state index in [-0.39, 0.29) is 12.7 Å². The summed E-state index contributed by atoms with van der Waals surface area (Å²) in [6.07, 6.45) is 3.73. The van der Waals surface area contributed by atoms with Crippen LogP contribution in [-0.4, -0.2) is 27.4 Å². The third-order valence-electron chi connectivity index (χ3n) is 4.84. The molecule has 0 saturated heterocycles. The number of nitrogens with zero attached hydrogens (tertiary/aromatic N) is 1. The molecule has 0 aliphatic heterocycles. The Hall–Kier alpha value is -1.66. The van der Waals surface area contributed by atoms with Gasteiger partial charge in [-0.25, -0.2) is 0 Å². The van der Waals surface area contributed by atoms with Gasteiger partial charge < -0.3 is 14.9 Å². The summed E-state index contributed by atoms with van der Waals surface area (Å²) in [5.41, 5.74) is 3.66. The lowest BCUT2D eigenvalue weighted by Crippen LogP contribution is -2.26. The standard InChI is InChI=1S/C20H20ClNO3S/c1-11-7-12(21)8-15(19(11)25-18-4-2-3-17(18)24)14-5-6-22-16-9-13(10-23)26-20(14)16/h5-9,17-18,23-24H,2-4,10H2,1H3/t17-,18-/m1/s1. The molecule has 1 aliphatic rings. The second-order valence-corrected chi connectivity index (χ2v) is 8.27. The number of thiophene rings is 1. The Morgan fingerprint density at radius 2 is 2.12 bits per heavy atom. The Balaban J connectivity index is 1.87. The number of fused-ring (bicyclic) bond motifs is 1. The number of ether oxygens (including phenoxy) is 1. The number of aryl methyl sites for hydroxylation is 1. The summed E-state index contributed by atoms with van der Waals surface area (Å²) in [6.45, 7) is 1.96. The molecule has 4 nitrogen and oxygen atoms in total. The predicted octanol–water partition coefficient (Wildman–Crippen LogP) is 4.71. The summed E-state index contributed by atoms with van der Waals surface area (Å²) < 4.78 is 7.26. The fourth-order valence-corrected chi connectivity index (χ4v) is 4.83. The van der Waals surface area contributed by atoms with Crippen molar-refractivity contribution in [2.45, 2.75) is 45.0 Å². The molecule has 1 aliphatic carbocycles. The first kappa shape index (κ1) is 17.7. The van der Waals surface area contributed by atoms with Gasteiger partial charge in [-0.1, -0.05) is 11.6 Å². The fraction of sp³-hybridized carbons (Fsp3) is 0.350. The molecule has 4 rings (SSSR count). The van der Waals surface area contributed by atoms with Crippen LogP contribution in [0.4, 0.5) is 0 Å². The van der Waals surface area contributed by atoms with E-state index in [1.54, 1.807) is 6.20 Å². The van der Waals surface area contributed by atoms with E-state index in [2.05, 4.69) is 4.98 Å². The van der Waals surface area contributed by atoms with Gasteiger partial charge in [0, 0.05) is 27.2 Å². The number of pyridine rings is 1. The van der Waals surface area contributed by atoms with Crippen LogP contribution >= 0.6 is 22.9 Å². The lowest BCUT2D eigenvalue weighted by atomic mass is 10.0. The zero-order valence-electron chi connectivity index (χ0n) is 14.4. The van der Waals surface area contributed by atoms with E-state index in [4.69, 9.17) is 16.3 Å². The second-order valence-electron chi connectivity index (χ2n) is 6.70. The van der Waals surface area contributed by atoms with Crippen LogP contribution in [0.3, 0.4) is 0 Å². The van der Waals surface area contributed by atoms with Crippen LogP contribution in [0.25, 0.3) is 21.3 Å². The van der Waals surface area contributed by atoms with E-state index in [1.165, 1.54) is 11.3 Å². The van der Waals surface area contributed by atoms with Crippen LogP contribution in [0.1, 0.15) is 29.7 Å². The molecule has 136 valence electrons. The highest BCUT2D eigenvalue weighted by Crippen LogP contribution is 2.42. The minimum Gasteiger partial charge on any atom is -0.487 e. The maximum atomic E-state index is 10.2. The Morgan fingerprint density at radius 3 is 2.85 bits per heavy atom. The van der Waals surface area contributed by atoms with Gasteiger partial charge in [-0.15, -0.1) is 11.3 Å². The van der Waals surface area contributed by atoms with Crippen molar-refractivity contribution in [3.05, 3.63) is 45.9 Å². The summed E-state index contributed by atoms with van der Waals surface area (Å²) >= 11 is 7.87. The van der Waals surface area contributed by atoms with Crippen molar-refractivity contribution in [1.29, 1.82) is 0 Å². The molecule has 2 heterocycles. The summed E-state index contributed by atoms with van der Waals surface area (Å²) in [4.78, 5) is 5.28. The molecule has 1 saturated carbocycles. The molecule has 1 aromatic carbocycles. The fourth-order valence-electron chi connectivity index (χ4n) is 3.56. The van der Waals surface area contributed by atoms with Crippen molar-refractivity contribution < 1.29 is 14.9 Å². The third-order valence-corrected chi connectivity index (χ3v) is 6.20. The van der Waals surface area contributed by atoms with Gasteiger partial charge in [-0.2, -0.15) is 0 Å². The Kier molecular flexibility index (Phi) is 4.88. The largest absolute Gasteiger partial charge is 0.487 e. The molecule has 1 fully saturated rings. The molecule has 0 unspecified atom stereocenters. The van der Waals surface area contributed by atoms with E-state index >= 15 is 0 Å². The molecule has 0 bridgehead atoms. The molecular weight excluding hydrogens is 370 g/mol. The van der Waals surface area contributed by atoms with E-state index in [9.17, 15) is 10.2 Å². The average molecular weight is 390 g/mol. The monoisotopic (exact) mass is 389 g/mol. The van der Waals surface area contributed by atoms with Crippen LogP contribution in [0.15, 0.2) is 30.5 Å². The highest BCUT2D eigenvalue weighted by atomic mass is 35.5. The van der Waals surface area contributed by atoms with Crippen LogP contribution in [-0.2, 0) is 6.61 Å². The molecule has 6 heteroatoms. The van der Waals surface area contributed by atoms with Gasteiger partial charge in [0.2, 0.25) is 0 Å². The maximum Gasteiger partial charge on any atom is 0.130 e. The highest BCUT2D eigenvalue weighted by molar-refractivity contribution is 7.19. The summed E-state index contributed by atoms with van der Waals surface area (Å²) in [5, 5.41) is 20.3. The van der Waals surface area contributed by atoms with Crippen molar-refractivity contribution in [2.24, 2.45) is 0 Å². The third kappa shape index (κ3) is 3.21. The van der Waals surface area contributed by atoms with Gasteiger partial charge in [0.05, 0.1) is 22.9 Å². The first-order valence-electron chi connectivity index (χ1n) is 8.70. The van der Waals surface area contributed by atoms with Crippen molar-refractivity contribution in [3.63, 3.8) is 0 Å². The van der Waals surface area contributed by atoms with Crippen LogP contribution in [0.2, 0.25) is 5.02 Å². The molecule has 26 heavy (non-hydrogen) atoms. The number of rotatable bonds is 4. The van der Waals surface area contributed by atoms with Gasteiger partial charge in [0.25, 0.3) is 0 Å². The topological polar surface area (TPSA) is 62.6 Å². The van der Waals surface area contributed by atoms with E-state index in [0.29, 0.717) is 5.02 Å². The summed E-state index contributed by atoms with van der Waals surface area (Å²) in [6, 6.07) is 7.64. The van der Waals surface area contributed by atoms with Crippen molar-refractivity contribution in [1.82, 2.24) is 4.98 Å². The van der Waals surface area contributed by atoms with Gasteiger partial charge in [0.1, 0.15) is 11.9 Å². The highest BCUT2D eigenvalue weighted by Gasteiger charge is 2.28. The van der Waals surface area contributed by atoms with Crippen molar-refractivity contribution >= 4 is 33.2 Å². The zero-order chi connectivity index (χ0) is 18.3. The molecule has 2 aromatic heterocycles. The minimum absolute atomic E-state index is 0.00728. The molecule has 2 atom stereocenters. The normalized spacial score (nSPS) is 20.0. The number of aromatic nitrogens is 1. The van der Waals surface area contributed by atoms with Crippen LogP contribution in [0, 0.1) is 6.92 Å². The summed E-state index contributed by atoms with van der Waals surface area (Å²) in [5.74, 6) is 0.756. The lowest BCUT2D eigenvalue weighted by molar-refractivity contribution is 0.0603. The van der Waals surface area contributed by atoms with E-state index < -0.39 is 6.10 Å².